The Hall–Kier alpha value is -4.11. The number of aliphatic hydroxyl groups is 2. The van der Waals surface area contributed by atoms with Crippen LogP contribution in [-0.2, 0) is 19.6 Å². The molecule has 2 aromatic rings. The van der Waals surface area contributed by atoms with Crippen molar-refractivity contribution in [3.63, 3.8) is 0 Å². The van der Waals surface area contributed by atoms with Gasteiger partial charge in [0.25, 0.3) is 11.6 Å². The number of aliphatic hydroxyl groups excluding tert-OH is 2. The number of ether oxygens (including phenoxy) is 1. The van der Waals surface area contributed by atoms with Crippen LogP contribution in [0.5, 0.6) is 0 Å². The van der Waals surface area contributed by atoms with E-state index < -0.39 is 44.4 Å². The molecule has 1 saturated carbocycles. The zero-order valence-electron chi connectivity index (χ0n) is 25.3. The summed E-state index contributed by atoms with van der Waals surface area (Å²) in [6.45, 7) is -1.37. The minimum absolute atomic E-state index is 0.0354. The quantitative estimate of drug-likeness (QED) is 0.161. The summed E-state index contributed by atoms with van der Waals surface area (Å²) in [5, 5.41) is 40.3. The molecule has 1 unspecified atom stereocenters. The number of carbonyl (C=O) groups is 2. The lowest BCUT2D eigenvalue weighted by molar-refractivity contribution is -0.384. The fourth-order valence-electron chi connectivity index (χ4n) is 5.68. The van der Waals surface area contributed by atoms with Gasteiger partial charge in [0.2, 0.25) is 10.0 Å². The fourth-order valence-corrected chi connectivity index (χ4v) is 6.74. The predicted octanol–water partition coefficient (Wildman–Crippen LogP) is 3.89. The molecule has 2 atom stereocenters. The summed E-state index contributed by atoms with van der Waals surface area (Å²) in [6.07, 6.45) is 6.82. The van der Waals surface area contributed by atoms with Crippen LogP contribution in [0.4, 0.5) is 10.5 Å². The molecule has 0 aromatic heterocycles. The van der Waals surface area contributed by atoms with Crippen LogP contribution in [0, 0.1) is 10.1 Å². The molecule has 2 aliphatic carbocycles. The Morgan fingerprint density at radius 3 is 2.48 bits per heavy atom. The number of hydrogen-bond acceptors (Lipinski definition) is 9. The van der Waals surface area contributed by atoms with Crippen LogP contribution >= 0.6 is 0 Å². The van der Waals surface area contributed by atoms with Crippen LogP contribution < -0.4 is 4.72 Å². The van der Waals surface area contributed by atoms with Gasteiger partial charge in [0, 0.05) is 31.7 Å². The number of sulfonamides is 1. The Bertz CT molecular complexity index is 1570. The Labute approximate surface area is 267 Å². The lowest BCUT2D eigenvalue weighted by atomic mass is 9.87. The number of nitro benzene ring substituents is 1. The van der Waals surface area contributed by atoms with Crippen LogP contribution in [0.1, 0.15) is 67.2 Å². The lowest BCUT2D eigenvalue weighted by Crippen LogP contribution is -2.51. The van der Waals surface area contributed by atoms with Gasteiger partial charge in [-0.1, -0.05) is 49.3 Å². The first kappa shape index (κ1) is 34.8. The predicted molar refractivity (Wildman–Crippen MR) is 169 cm³/mol. The molecule has 1 fully saturated rings. The average Bonchev–Trinajstić information content (AvgIpc) is 3.59. The number of amides is 2. The molecule has 46 heavy (non-hydrogen) atoms. The van der Waals surface area contributed by atoms with Gasteiger partial charge in [0.1, 0.15) is 0 Å². The van der Waals surface area contributed by atoms with Crippen LogP contribution in [-0.4, -0.2) is 83.2 Å². The van der Waals surface area contributed by atoms with Crippen molar-refractivity contribution in [2.24, 2.45) is 0 Å². The topological polar surface area (TPSA) is 197 Å². The van der Waals surface area contributed by atoms with Gasteiger partial charge >= 0.3 is 6.09 Å². The summed E-state index contributed by atoms with van der Waals surface area (Å²) < 4.78 is 33.1. The van der Waals surface area contributed by atoms with Crippen LogP contribution in [0.2, 0.25) is 0 Å². The van der Waals surface area contributed by atoms with Gasteiger partial charge in [-0.3, -0.25) is 19.6 Å². The maximum absolute atomic E-state index is 13.4. The van der Waals surface area contributed by atoms with E-state index in [0.29, 0.717) is 5.92 Å². The molecule has 2 amide bonds. The van der Waals surface area contributed by atoms with Crippen LogP contribution in [0.25, 0.3) is 5.57 Å². The molecule has 0 aliphatic heterocycles. The van der Waals surface area contributed by atoms with Crippen molar-refractivity contribution in [1.82, 2.24) is 9.62 Å². The Morgan fingerprint density at radius 2 is 1.87 bits per heavy atom. The van der Waals surface area contributed by atoms with Crippen molar-refractivity contribution in [1.29, 1.82) is 0 Å². The Morgan fingerprint density at radius 1 is 1.15 bits per heavy atom. The molecular formula is C32H39N3O10S. The van der Waals surface area contributed by atoms with Gasteiger partial charge in [0.05, 0.1) is 29.9 Å². The molecule has 4 N–H and O–H groups in total. The van der Waals surface area contributed by atoms with E-state index in [2.05, 4.69) is 12.1 Å². The molecule has 0 heterocycles. The molecule has 0 spiro atoms. The Kier molecular flexibility index (Phi) is 11.7. The molecule has 248 valence electrons. The number of nitrogens with one attached hydrogen (secondary N) is 1. The maximum atomic E-state index is 13.4. The highest BCUT2D eigenvalue weighted by atomic mass is 32.2. The molecule has 13 nitrogen and oxygen atoms in total. The molecule has 0 saturated heterocycles. The van der Waals surface area contributed by atoms with Gasteiger partial charge in [0.15, 0.2) is 5.60 Å². The van der Waals surface area contributed by atoms with Gasteiger partial charge in [-0.05, 0) is 65.7 Å². The van der Waals surface area contributed by atoms with Crippen molar-refractivity contribution in [3.05, 3.63) is 93.6 Å². The van der Waals surface area contributed by atoms with Crippen molar-refractivity contribution < 1.29 is 43.0 Å². The highest BCUT2D eigenvalue weighted by molar-refractivity contribution is 7.90. The van der Waals surface area contributed by atoms with E-state index in [1.807, 2.05) is 16.9 Å². The summed E-state index contributed by atoms with van der Waals surface area (Å²) >= 11 is 0. The van der Waals surface area contributed by atoms with E-state index in [1.54, 1.807) is 12.2 Å². The van der Waals surface area contributed by atoms with Gasteiger partial charge in [-0.25, -0.2) is 13.2 Å². The first-order chi connectivity index (χ1) is 21.9. The normalized spacial score (nSPS) is 19.0. The third-order valence-electron chi connectivity index (χ3n) is 8.28. The van der Waals surface area contributed by atoms with Crippen LogP contribution in [0.3, 0.4) is 0 Å². The molecule has 0 bridgehead atoms. The lowest BCUT2D eigenvalue weighted by Gasteiger charge is -2.32. The van der Waals surface area contributed by atoms with Gasteiger partial charge < -0.3 is 25.0 Å². The second-order valence-corrected chi connectivity index (χ2v) is 13.3. The van der Waals surface area contributed by atoms with E-state index >= 15 is 0 Å². The van der Waals surface area contributed by atoms with E-state index in [-0.39, 0.29) is 50.4 Å². The molecular weight excluding hydrogens is 618 g/mol. The number of nitrogens with zero attached hydrogens (tertiary/aromatic N) is 2. The number of allylic oxidation sites excluding steroid dienone is 2. The van der Waals surface area contributed by atoms with Gasteiger partial charge in [-0.15, -0.1) is 0 Å². The number of carbonyl (C=O) groups excluding carboxylic acids is 1. The molecule has 2 aromatic carbocycles. The zero-order valence-corrected chi connectivity index (χ0v) is 26.1. The van der Waals surface area contributed by atoms with Crippen molar-refractivity contribution in [2.45, 2.75) is 56.1 Å². The fraction of sp³-hybridized carbons (Fsp3) is 0.438. The number of benzene rings is 2. The van der Waals surface area contributed by atoms with E-state index in [9.17, 15) is 38.3 Å². The maximum Gasteiger partial charge on any atom is 0.407 e. The number of rotatable bonds is 15. The molecule has 2 aliphatic rings. The van der Waals surface area contributed by atoms with E-state index in [1.165, 1.54) is 48.7 Å². The summed E-state index contributed by atoms with van der Waals surface area (Å²) in [7, 11) is -4.09. The second-order valence-electron chi connectivity index (χ2n) is 11.5. The third-order valence-corrected chi connectivity index (χ3v) is 9.60. The first-order valence-corrected chi connectivity index (χ1v) is 16.8. The average molecular weight is 658 g/mol. The number of non-ortho nitro benzene ring substituents is 1. The zero-order chi connectivity index (χ0) is 33.3. The third kappa shape index (κ3) is 9.00. The standard InChI is InChI=1S/C32H39N3O10S/c36-18-4-20-46(43,44)33-30(38)32(15-13-24(14-16-32)27-8-3-7-26(21-27)23-5-1-2-6-23)45-19-17-34(31(39)40)22-29(37)25-9-11-28(12-10-25)35(41)42/h3,7-15,21,23,29,36-37H,1-2,4-6,16-20,22H2,(H,33,38)(H,39,40)/t29-,32?/m0/s1. The van der Waals surface area contributed by atoms with E-state index in [0.717, 1.165) is 28.9 Å². The van der Waals surface area contributed by atoms with Crippen LogP contribution in [0.15, 0.2) is 66.8 Å². The van der Waals surface area contributed by atoms with Crippen molar-refractivity contribution >= 4 is 33.3 Å². The number of nitro groups is 1. The molecule has 14 heteroatoms. The first-order valence-electron chi connectivity index (χ1n) is 15.1. The minimum Gasteiger partial charge on any atom is -0.465 e. The largest absolute Gasteiger partial charge is 0.465 e. The van der Waals surface area contributed by atoms with E-state index in [4.69, 9.17) is 9.84 Å². The summed E-state index contributed by atoms with van der Waals surface area (Å²) in [6, 6.07) is 13.2. The molecule has 0 radical (unpaired) electrons. The monoisotopic (exact) mass is 657 g/mol. The second kappa shape index (κ2) is 15.5. The smallest absolute Gasteiger partial charge is 0.407 e. The molecule has 4 rings (SSSR count). The number of hydrogen-bond donors (Lipinski definition) is 4. The van der Waals surface area contributed by atoms with Gasteiger partial charge in [-0.2, -0.15) is 0 Å². The van der Waals surface area contributed by atoms with Crippen molar-refractivity contribution in [3.8, 4) is 0 Å². The summed E-state index contributed by atoms with van der Waals surface area (Å²) in [4.78, 5) is 36.6. The number of carboxylic acid groups (broad SMARTS) is 1. The highest BCUT2D eigenvalue weighted by Gasteiger charge is 2.40. The SMILES string of the molecule is O=C(O)N(CCOC1(C(=O)NS(=O)(=O)CCCO)C=CC(c2cccc(C3CCCC3)c2)=CC1)C[C@H](O)c1ccc([N+](=O)[O-])cc1. The summed E-state index contributed by atoms with van der Waals surface area (Å²) in [5.74, 6) is -0.928. The minimum atomic E-state index is -4.09. The van der Waals surface area contributed by atoms with Crippen molar-refractivity contribution in [2.75, 3.05) is 32.1 Å². The highest BCUT2D eigenvalue weighted by Crippen LogP contribution is 2.36. The Balaban J connectivity index is 1.48. The summed E-state index contributed by atoms with van der Waals surface area (Å²) in [5.41, 5.74) is 1.33.